The molecule has 46 heavy (non-hydrogen) atoms. The van der Waals surface area contributed by atoms with Crippen molar-refractivity contribution >= 4 is 17.6 Å². The number of rotatable bonds is 14. The van der Waals surface area contributed by atoms with Gasteiger partial charge in [0.25, 0.3) is 5.91 Å². The maximum Gasteiger partial charge on any atom is 1.00 e. The second kappa shape index (κ2) is 16.8. The first kappa shape index (κ1) is 36.8. The maximum atomic E-state index is 14.4. The summed E-state index contributed by atoms with van der Waals surface area (Å²) in [5.74, 6) is -1.11. The van der Waals surface area contributed by atoms with E-state index in [1.54, 1.807) is 30.3 Å². The Morgan fingerprint density at radius 3 is 2.07 bits per heavy atom. The number of carbonyl (C=O) groups is 2. The van der Waals surface area contributed by atoms with Gasteiger partial charge in [-0.2, -0.15) is 0 Å². The predicted octanol–water partition coefficient (Wildman–Crippen LogP) is 3.45. The molecule has 11 heteroatoms. The molecule has 1 aromatic heterocycles. The van der Waals surface area contributed by atoms with Gasteiger partial charge in [-0.15, -0.1) is 0 Å². The third-order valence-corrected chi connectivity index (χ3v) is 7.51. The van der Waals surface area contributed by atoms with Crippen molar-refractivity contribution in [3.63, 3.8) is 0 Å². The second-order valence-corrected chi connectivity index (χ2v) is 11.1. The first-order chi connectivity index (χ1) is 21.5. The molecule has 240 valence electrons. The first-order valence-electron chi connectivity index (χ1n) is 14.7. The number of hydrogen-bond donors (Lipinski definition) is 4. The molecule has 3 aromatic carbocycles. The van der Waals surface area contributed by atoms with Crippen molar-refractivity contribution in [2.75, 3.05) is 19.5 Å². The molecular formula is C35H40FN2NaO7. The summed E-state index contributed by atoms with van der Waals surface area (Å²) >= 11 is 0. The third-order valence-electron chi connectivity index (χ3n) is 7.51. The van der Waals surface area contributed by atoms with Gasteiger partial charge in [-0.25, -0.2) is 4.39 Å². The average Bonchev–Trinajstić information content (AvgIpc) is 3.35. The zero-order valence-electron chi connectivity index (χ0n) is 27.8. The first-order valence-corrected chi connectivity index (χ1v) is 14.7. The van der Waals surface area contributed by atoms with Gasteiger partial charge in [0.05, 0.1) is 44.1 Å². The Labute approximate surface area is 291 Å². The topological polar surface area (TPSA) is 130 Å². The SMILES string of the molecule is COc1cc(NC(=O)c2c(-c3ccccc3)c(-c3ccc(F)cc3)n(CCC(O)CC(O)CC(=O)O)c2C(C)C)cc(OC)c1.[H-].[Na+]. The van der Waals surface area contributed by atoms with Crippen LogP contribution in [-0.4, -0.2) is 58.2 Å². The molecule has 0 fully saturated rings. The number of carboxylic acid groups (broad SMARTS) is 1. The standard InChI is InChI=1S/C35H39FN2O7.Na.H/c1-21(2)33-32(35(43)37-25-16-28(44-3)20-29(17-25)45-4)31(22-8-6-5-7-9-22)34(23-10-12-24(36)13-11-23)38(33)15-14-26(39)18-27(40)19-30(41)42;;/h5-13,16-17,20-21,26-27,39-40H,14-15,18-19H2,1-4H3,(H,37,43)(H,41,42);;/q;+1;-1. The number of carbonyl (C=O) groups excluding carboxylic acids is 1. The van der Waals surface area contributed by atoms with Gasteiger partial charge in [0.2, 0.25) is 0 Å². The van der Waals surface area contributed by atoms with Crippen molar-refractivity contribution in [3.8, 4) is 33.9 Å². The van der Waals surface area contributed by atoms with Crippen LogP contribution in [0.25, 0.3) is 22.4 Å². The largest absolute Gasteiger partial charge is 1.00 e. The van der Waals surface area contributed by atoms with Crippen LogP contribution >= 0.6 is 0 Å². The molecule has 0 radical (unpaired) electrons. The summed E-state index contributed by atoms with van der Waals surface area (Å²) in [5, 5.41) is 32.9. The molecule has 0 bridgehead atoms. The van der Waals surface area contributed by atoms with E-state index < -0.39 is 30.4 Å². The number of aromatic nitrogens is 1. The van der Waals surface area contributed by atoms with Crippen LogP contribution < -0.4 is 44.3 Å². The molecule has 0 aliphatic rings. The molecule has 4 N–H and O–H groups in total. The number of benzene rings is 3. The van der Waals surface area contributed by atoms with Crippen LogP contribution in [0, 0.1) is 5.82 Å². The fourth-order valence-electron chi connectivity index (χ4n) is 5.56. The molecule has 0 aliphatic heterocycles. The molecule has 2 unspecified atom stereocenters. The average molecular weight is 643 g/mol. The Bertz CT molecular complexity index is 1610. The minimum atomic E-state index is -1.20. The molecule has 9 nitrogen and oxygen atoms in total. The van der Waals surface area contributed by atoms with Crippen molar-refractivity contribution in [2.24, 2.45) is 0 Å². The quantitative estimate of drug-likeness (QED) is 0.155. The number of nitrogens with one attached hydrogen (secondary N) is 1. The van der Waals surface area contributed by atoms with E-state index in [4.69, 9.17) is 14.6 Å². The Balaban J connectivity index is 0.00000384. The second-order valence-electron chi connectivity index (χ2n) is 11.1. The Morgan fingerprint density at radius 1 is 0.913 bits per heavy atom. The minimum Gasteiger partial charge on any atom is -1.00 e. The van der Waals surface area contributed by atoms with Gasteiger partial charge in [-0.1, -0.05) is 44.2 Å². The summed E-state index contributed by atoms with van der Waals surface area (Å²) in [4.78, 5) is 25.4. The normalized spacial score (nSPS) is 12.3. The van der Waals surface area contributed by atoms with Gasteiger partial charge in [-0.05, 0) is 54.2 Å². The number of ether oxygens (including phenoxy) is 2. The van der Waals surface area contributed by atoms with E-state index in [1.807, 2.05) is 48.7 Å². The molecule has 4 rings (SSSR count). The molecule has 0 spiro atoms. The van der Waals surface area contributed by atoms with Gasteiger partial charge in [0.1, 0.15) is 17.3 Å². The number of hydrogen-bond acceptors (Lipinski definition) is 6. The summed E-state index contributed by atoms with van der Waals surface area (Å²) in [5.41, 5.74) is 4.30. The van der Waals surface area contributed by atoms with Gasteiger partial charge < -0.3 is 36.1 Å². The Hall–Kier alpha value is -3.67. The molecule has 0 saturated carbocycles. The molecule has 2 atom stereocenters. The van der Waals surface area contributed by atoms with Crippen LogP contribution in [0.4, 0.5) is 10.1 Å². The predicted molar refractivity (Wildman–Crippen MR) is 171 cm³/mol. The number of aliphatic hydroxyl groups excluding tert-OH is 2. The van der Waals surface area contributed by atoms with E-state index in [0.717, 1.165) is 5.56 Å². The number of halogens is 1. The van der Waals surface area contributed by atoms with Gasteiger partial charge in [0.15, 0.2) is 0 Å². The number of aliphatic carboxylic acids is 1. The third kappa shape index (κ3) is 8.98. The minimum absolute atomic E-state index is 0. The molecule has 4 aromatic rings. The Morgan fingerprint density at radius 2 is 1.52 bits per heavy atom. The molecule has 0 aliphatic carbocycles. The number of aliphatic hydroxyl groups is 2. The maximum absolute atomic E-state index is 14.4. The van der Waals surface area contributed by atoms with E-state index in [-0.39, 0.29) is 62.2 Å². The molecule has 1 heterocycles. The number of carboxylic acids is 1. The number of methoxy groups -OCH3 is 2. The van der Waals surface area contributed by atoms with Gasteiger partial charge in [0, 0.05) is 41.7 Å². The van der Waals surface area contributed by atoms with Crippen molar-refractivity contribution in [2.45, 2.75) is 57.8 Å². The van der Waals surface area contributed by atoms with Crippen LogP contribution in [-0.2, 0) is 11.3 Å². The fourth-order valence-corrected chi connectivity index (χ4v) is 5.56. The van der Waals surface area contributed by atoms with Gasteiger partial charge >= 0.3 is 35.5 Å². The van der Waals surface area contributed by atoms with Crippen LogP contribution in [0.3, 0.4) is 0 Å². The molecular weight excluding hydrogens is 602 g/mol. The number of nitrogens with zero attached hydrogens (tertiary/aromatic N) is 1. The van der Waals surface area contributed by atoms with Gasteiger partial charge in [-0.3, -0.25) is 9.59 Å². The van der Waals surface area contributed by atoms with Crippen molar-refractivity contribution in [1.29, 1.82) is 0 Å². The zero-order valence-corrected chi connectivity index (χ0v) is 28.8. The smallest absolute Gasteiger partial charge is 1.00 e. The van der Waals surface area contributed by atoms with Crippen LogP contribution in [0.1, 0.15) is 56.5 Å². The van der Waals surface area contributed by atoms with Crippen LogP contribution in [0.5, 0.6) is 11.5 Å². The van der Waals surface area contributed by atoms with Crippen molar-refractivity contribution in [1.82, 2.24) is 4.57 Å². The summed E-state index contributed by atoms with van der Waals surface area (Å²) < 4.78 is 26.9. The zero-order chi connectivity index (χ0) is 32.7. The molecule has 1 amide bonds. The van der Waals surface area contributed by atoms with E-state index >= 15 is 0 Å². The van der Waals surface area contributed by atoms with E-state index in [9.17, 15) is 24.2 Å². The van der Waals surface area contributed by atoms with E-state index in [0.29, 0.717) is 45.3 Å². The number of amides is 1. The Kier molecular flexibility index (Phi) is 13.4. The molecule has 0 saturated heterocycles. The van der Waals surface area contributed by atoms with Crippen molar-refractivity contribution in [3.05, 3.63) is 89.9 Å². The van der Waals surface area contributed by atoms with Crippen LogP contribution in [0.15, 0.2) is 72.8 Å². The summed E-state index contributed by atoms with van der Waals surface area (Å²) in [6, 6.07) is 20.5. The summed E-state index contributed by atoms with van der Waals surface area (Å²) in [6.45, 7) is 4.17. The van der Waals surface area contributed by atoms with E-state index in [2.05, 4.69) is 5.32 Å². The van der Waals surface area contributed by atoms with Crippen LogP contribution in [0.2, 0.25) is 0 Å². The monoisotopic (exact) mass is 642 g/mol. The summed E-state index contributed by atoms with van der Waals surface area (Å²) in [6.07, 6.45) is -2.64. The van der Waals surface area contributed by atoms with Crippen molar-refractivity contribution < 1.29 is 69.8 Å². The van der Waals surface area contributed by atoms with E-state index in [1.165, 1.54) is 26.4 Å². The summed E-state index contributed by atoms with van der Waals surface area (Å²) in [7, 11) is 3.05. The fraction of sp³-hybridized carbons (Fsp3) is 0.314. The number of anilines is 1.